The van der Waals surface area contributed by atoms with Crippen LogP contribution >= 0.6 is 0 Å². The van der Waals surface area contributed by atoms with Crippen molar-refractivity contribution in [3.63, 3.8) is 0 Å². The van der Waals surface area contributed by atoms with E-state index < -0.39 is 22.0 Å². The summed E-state index contributed by atoms with van der Waals surface area (Å²) in [4.78, 5) is 24.0. The SMILES string of the molecule is O=C(O)c1ccc(Cc2ccc3ccc(C(=O)OCc4ccc(S(=O)(=O)N5CC5)cc4)cc3c2O)cc1. The molecule has 8 nitrogen and oxygen atoms in total. The van der Waals surface area contributed by atoms with Crippen molar-refractivity contribution >= 4 is 32.7 Å². The highest BCUT2D eigenvalue weighted by atomic mass is 32.2. The van der Waals surface area contributed by atoms with Crippen LogP contribution in [0.15, 0.2) is 83.8 Å². The largest absolute Gasteiger partial charge is 0.507 e. The molecule has 1 aliphatic rings. The molecule has 37 heavy (non-hydrogen) atoms. The Kier molecular flexibility index (Phi) is 6.41. The van der Waals surface area contributed by atoms with Gasteiger partial charge in [-0.25, -0.2) is 18.0 Å². The van der Waals surface area contributed by atoms with Gasteiger partial charge in [0, 0.05) is 24.9 Å². The number of rotatable bonds is 8. The zero-order valence-corrected chi connectivity index (χ0v) is 20.4. The zero-order chi connectivity index (χ0) is 26.2. The number of benzene rings is 4. The third-order valence-electron chi connectivity index (χ3n) is 6.25. The normalized spacial score (nSPS) is 13.4. The summed E-state index contributed by atoms with van der Waals surface area (Å²) in [5.74, 6) is -1.54. The fourth-order valence-electron chi connectivity index (χ4n) is 4.02. The molecule has 188 valence electrons. The number of phenolic OH excluding ortho intramolecular Hbond substituents is 1. The minimum absolute atomic E-state index is 0.0285. The lowest BCUT2D eigenvalue weighted by Crippen LogP contribution is -2.11. The minimum Gasteiger partial charge on any atom is -0.507 e. The van der Waals surface area contributed by atoms with Gasteiger partial charge in [-0.2, -0.15) is 4.31 Å². The molecule has 0 atom stereocenters. The van der Waals surface area contributed by atoms with Crippen LogP contribution in [-0.2, 0) is 27.8 Å². The monoisotopic (exact) mass is 517 g/mol. The van der Waals surface area contributed by atoms with Gasteiger partial charge < -0.3 is 14.9 Å². The van der Waals surface area contributed by atoms with Gasteiger partial charge in [0.25, 0.3) is 0 Å². The van der Waals surface area contributed by atoms with E-state index in [1.807, 2.05) is 6.07 Å². The molecule has 0 aromatic heterocycles. The summed E-state index contributed by atoms with van der Waals surface area (Å²) < 4.78 is 31.3. The summed E-state index contributed by atoms with van der Waals surface area (Å²) in [7, 11) is -3.43. The van der Waals surface area contributed by atoms with Crippen molar-refractivity contribution in [2.45, 2.75) is 17.9 Å². The van der Waals surface area contributed by atoms with Crippen molar-refractivity contribution in [2.75, 3.05) is 13.1 Å². The van der Waals surface area contributed by atoms with E-state index in [4.69, 9.17) is 9.84 Å². The van der Waals surface area contributed by atoms with Gasteiger partial charge in [-0.3, -0.25) is 0 Å². The first-order chi connectivity index (χ1) is 17.7. The van der Waals surface area contributed by atoms with Crippen LogP contribution in [0, 0.1) is 0 Å². The smallest absolute Gasteiger partial charge is 0.338 e. The molecule has 9 heteroatoms. The highest BCUT2D eigenvalue weighted by Gasteiger charge is 2.33. The first-order valence-corrected chi connectivity index (χ1v) is 13.0. The van der Waals surface area contributed by atoms with E-state index in [9.17, 15) is 23.1 Å². The lowest BCUT2D eigenvalue weighted by molar-refractivity contribution is 0.0472. The predicted molar refractivity (Wildman–Crippen MR) is 136 cm³/mol. The van der Waals surface area contributed by atoms with Crippen LogP contribution in [0.1, 0.15) is 37.4 Å². The maximum atomic E-state index is 12.7. The summed E-state index contributed by atoms with van der Waals surface area (Å²) in [6.07, 6.45) is 0.389. The average molecular weight is 518 g/mol. The Balaban J connectivity index is 1.29. The molecule has 1 aliphatic heterocycles. The topological polar surface area (TPSA) is 121 Å². The maximum Gasteiger partial charge on any atom is 0.338 e. The van der Waals surface area contributed by atoms with Gasteiger partial charge in [-0.05, 0) is 58.5 Å². The molecular weight excluding hydrogens is 494 g/mol. The lowest BCUT2D eigenvalue weighted by Gasteiger charge is -2.11. The molecule has 1 saturated heterocycles. The van der Waals surface area contributed by atoms with E-state index >= 15 is 0 Å². The molecule has 0 radical (unpaired) electrons. The Hall–Kier alpha value is -4.21. The summed E-state index contributed by atoms with van der Waals surface area (Å²) in [6.45, 7) is 1.04. The number of phenols is 1. The van der Waals surface area contributed by atoms with Gasteiger partial charge in [0.05, 0.1) is 16.0 Å². The number of ether oxygens (including phenoxy) is 1. The number of hydrogen-bond acceptors (Lipinski definition) is 6. The number of nitrogens with zero attached hydrogens (tertiary/aromatic N) is 1. The number of aromatic hydroxyl groups is 1. The third-order valence-corrected chi connectivity index (χ3v) is 8.16. The highest BCUT2D eigenvalue weighted by Crippen LogP contribution is 2.31. The minimum atomic E-state index is -3.43. The lowest BCUT2D eigenvalue weighted by atomic mass is 9.98. The van der Waals surface area contributed by atoms with Crippen LogP contribution < -0.4 is 0 Å². The molecule has 1 heterocycles. The van der Waals surface area contributed by atoms with Crippen molar-refractivity contribution in [2.24, 2.45) is 0 Å². The number of carbonyl (C=O) groups is 2. The van der Waals surface area contributed by atoms with Crippen LogP contribution in [0.5, 0.6) is 5.75 Å². The molecule has 0 amide bonds. The fraction of sp³-hybridized carbons (Fsp3) is 0.143. The molecule has 0 unspecified atom stereocenters. The van der Waals surface area contributed by atoms with E-state index in [1.54, 1.807) is 48.5 Å². The van der Waals surface area contributed by atoms with Crippen molar-refractivity contribution in [3.05, 3.63) is 107 Å². The number of aromatic carboxylic acids is 1. The van der Waals surface area contributed by atoms with Crippen LogP contribution in [0.25, 0.3) is 10.8 Å². The molecule has 0 aliphatic carbocycles. The third kappa shape index (κ3) is 5.18. The maximum absolute atomic E-state index is 12.7. The van der Waals surface area contributed by atoms with E-state index in [-0.39, 0.29) is 28.4 Å². The summed E-state index contributed by atoms with van der Waals surface area (Å²) >= 11 is 0. The van der Waals surface area contributed by atoms with Crippen molar-refractivity contribution in [1.29, 1.82) is 0 Å². The number of carboxylic acids is 1. The van der Waals surface area contributed by atoms with Gasteiger partial charge in [0.1, 0.15) is 12.4 Å². The second-order valence-electron chi connectivity index (χ2n) is 8.81. The predicted octanol–water partition coefficient (Wildman–Crippen LogP) is 4.20. The molecule has 1 fully saturated rings. The number of fused-ring (bicyclic) bond motifs is 1. The summed E-state index contributed by atoms with van der Waals surface area (Å²) in [5.41, 5.74) is 2.58. The van der Waals surface area contributed by atoms with Gasteiger partial charge in [-0.15, -0.1) is 0 Å². The van der Waals surface area contributed by atoms with Gasteiger partial charge in [0.15, 0.2) is 0 Å². The molecule has 0 spiro atoms. The van der Waals surface area contributed by atoms with Crippen LogP contribution in [0.4, 0.5) is 0 Å². The van der Waals surface area contributed by atoms with Crippen LogP contribution in [-0.4, -0.2) is 48.0 Å². The van der Waals surface area contributed by atoms with E-state index in [2.05, 4.69) is 0 Å². The van der Waals surface area contributed by atoms with Gasteiger partial charge in [0.2, 0.25) is 10.0 Å². The summed E-state index contributed by atoms with van der Waals surface area (Å²) in [5, 5.41) is 21.2. The molecule has 4 aromatic rings. The van der Waals surface area contributed by atoms with Crippen molar-refractivity contribution in [3.8, 4) is 5.75 Å². The average Bonchev–Trinajstić information content (AvgIpc) is 3.76. The van der Waals surface area contributed by atoms with Crippen molar-refractivity contribution in [1.82, 2.24) is 4.31 Å². The highest BCUT2D eigenvalue weighted by molar-refractivity contribution is 7.89. The van der Waals surface area contributed by atoms with E-state index in [1.165, 1.54) is 28.6 Å². The number of hydrogen-bond donors (Lipinski definition) is 2. The van der Waals surface area contributed by atoms with E-state index in [0.717, 1.165) is 10.9 Å². The Labute approximate surface area is 213 Å². The second-order valence-corrected chi connectivity index (χ2v) is 10.8. The molecule has 5 rings (SSSR count). The van der Waals surface area contributed by atoms with Gasteiger partial charge >= 0.3 is 11.9 Å². The van der Waals surface area contributed by atoms with Crippen molar-refractivity contribution < 1.29 is 33.0 Å². The number of carboxylic acid groups (broad SMARTS) is 1. The zero-order valence-electron chi connectivity index (χ0n) is 19.6. The standard InChI is InChI=1S/C28H23NO7S/c30-26-22(15-18-1-5-21(6-2-18)27(31)32)9-7-20-8-10-23(16-25(20)26)28(33)36-17-19-3-11-24(12-4-19)37(34,35)29-13-14-29/h1-12,16,30H,13-15,17H2,(H,31,32). The first-order valence-electron chi connectivity index (χ1n) is 11.6. The molecule has 0 saturated carbocycles. The molecule has 4 aromatic carbocycles. The fourth-order valence-corrected chi connectivity index (χ4v) is 5.36. The Morgan fingerprint density at radius 2 is 1.46 bits per heavy atom. The second kappa shape index (κ2) is 9.68. The quantitative estimate of drug-likeness (QED) is 0.265. The first kappa shape index (κ1) is 24.5. The molecular formula is C28H23NO7S. The number of sulfonamides is 1. The van der Waals surface area contributed by atoms with Crippen LogP contribution in [0.3, 0.4) is 0 Å². The van der Waals surface area contributed by atoms with Crippen LogP contribution in [0.2, 0.25) is 0 Å². The van der Waals surface area contributed by atoms with E-state index in [0.29, 0.717) is 36.0 Å². The number of carbonyl (C=O) groups excluding carboxylic acids is 1. The number of esters is 1. The summed E-state index contributed by atoms with van der Waals surface area (Å²) in [6, 6.07) is 21.2. The molecule has 2 N–H and O–H groups in total. The Morgan fingerprint density at radius 1 is 0.838 bits per heavy atom. The Morgan fingerprint density at radius 3 is 2.11 bits per heavy atom. The Bertz CT molecular complexity index is 1610. The van der Waals surface area contributed by atoms with Gasteiger partial charge in [-0.1, -0.05) is 42.5 Å². The molecule has 0 bridgehead atoms.